The van der Waals surface area contributed by atoms with Crippen molar-refractivity contribution in [2.45, 2.75) is 6.54 Å². The van der Waals surface area contributed by atoms with Crippen LogP contribution in [-0.4, -0.2) is 46.8 Å². The summed E-state index contributed by atoms with van der Waals surface area (Å²) in [6, 6.07) is 7.96. The minimum Gasteiger partial charge on any atom is -0.465 e. The molecule has 1 aromatic carbocycles. The fourth-order valence-electron chi connectivity index (χ4n) is 2.23. The van der Waals surface area contributed by atoms with Crippen LogP contribution in [0.4, 0.5) is 5.95 Å². The molecular weight excluding hydrogens is 342 g/mol. The second-order valence-corrected chi connectivity index (χ2v) is 5.08. The van der Waals surface area contributed by atoms with Crippen LogP contribution in [0, 0.1) is 0 Å². The third-order valence-corrected chi connectivity index (χ3v) is 3.43. The molecule has 10 heteroatoms. The van der Waals surface area contributed by atoms with Crippen LogP contribution in [0.5, 0.6) is 0 Å². The number of nitrogens with one attached hydrogen (secondary N) is 1. The number of methoxy groups -OCH3 is 2. The van der Waals surface area contributed by atoms with Crippen molar-refractivity contribution < 1.29 is 23.5 Å². The standard InChI is InChI=1S/C16H14N5O5/c1-24-14(22)10-5-9(6-11(7-10)15(23)25-2)13-4-3-12(26-13)8-17-16-18-20-21-19-16/h3-7H,8H2,1-2H3,(H-,17,18,19,20,21)/q-1. The lowest BCUT2D eigenvalue weighted by atomic mass is 10.0. The van der Waals surface area contributed by atoms with Gasteiger partial charge >= 0.3 is 11.9 Å². The Hall–Kier alpha value is -3.69. The average Bonchev–Trinajstić information content (AvgIpc) is 3.36. The summed E-state index contributed by atoms with van der Waals surface area (Å²) in [6.07, 6.45) is 0. The first-order valence-electron chi connectivity index (χ1n) is 7.42. The number of aromatic amines is 1. The number of furan rings is 1. The lowest BCUT2D eigenvalue weighted by Crippen LogP contribution is -2.06. The minimum absolute atomic E-state index is 0.208. The minimum atomic E-state index is -0.573. The Morgan fingerprint density at radius 3 is 2.38 bits per heavy atom. The smallest absolute Gasteiger partial charge is 0.337 e. The van der Waals surface area contributed by atoms with E-state index in [-0.39, 0.29) is 23.6 Å². The highest BCUT2D eigenvalue weighted by Gasteiger charge is 2.16. The van der Waals surface area contributed by atoms with Crippen molar-refractivity contribution in [2.24, 2.45) is 0 Å². The molecule has 0 aliphatic carbocycles. The molecule has 0 fully saturated rings. The summed E-state index contributed by atoms with van der Waals surface area (Å²) in [5.74, 6) is 0.0718. The number of benzene rings is 1. The van der Waals surface area contributed by atoms with Crippen molar-refractivity contribution in [3.05, 3.63) is 52.5 Å². The molecule has 0 unspecified atom stereocenters. The second-order valence-electron chi connectivity index (χ2n) is 5.08. The van der Waals surface area contributed by atoms with Gasteiger partial charge in [0.15, 0.2) is 0 Å². The van der Waals surface area contributed by atoms with Gasteiger partial charge in [-0.2, -0.15) is 0 Å². The van der Waals surface area contributed by atoms with Crippen molar-refractivity contribution >= 4 is 17.9 Å². The van der Waals surface area contributed by atoms with E-state index in [1.54, 1.807) is 24.3 Å². The number of esters is 2. The molecule has 0 saturated carbocycles. The monoisotopic (exact) mass is 356 g/mol. The van der Waals surface area contributed by atoms with Gasteiger partial charge in [0.05, 0.1) is 31.3 Å². The van der Waals surface area contributed by atoms with E-state index in [4.69, 9.17) is 13.9 Å². The van der Waals surface area contributed by atoms with Gasteiger partial charge in [0.2, 0.25) is 0 Å². The maximum atomic E-state index is 11.9. The summed E-state index contributed by atoms with van der Waals surface area (Å²) in [7, 11) is 2.52. The van der Waals surface area contributed by atoms with Crippen LogP contribution in [0.3, 0.4) is 0 Å². The zero-order chi connectivity index (χ0) is 18.5. The predicted octanol–water partition coefficient (Wildman–Crippen LogP) is 2.24. The van der Waals surface area contributed by atoms with Gasteiger partial charge in [0.25, 0.3) is 0 Å². The molecule has 0 bridgehead atoms. The van der Waals surface area contributed by atoms with E-state index < -0.39 is 11.9 Å². The van der Waals surface area contributed by atoms with Gasteiger partial charge in [-0.1, -0.05) is 0 Å². The molecule has 10 nitrogen and oxygen atoms in total. The van der Waals surface area contributed by atoms with Crippen molar-refractivity contribution in [1.82, 2.24) is 20.6 Å². The van der Waals surface area contributed by atoms with Crippen LogP contribution >= 0.6 is 0 Å². The molecule has 3 aromatic rings. The first-order chi connectivity index (χ1) is 12.6. The number of carbonyl (C=O) groups is 2. The van der Waals surface area contributed by atoms with E-state index >= 15 is 0 Å². The quantitative estimate of drug-likeness (QED) is 0.664. The summed E-state index contributed by atoms with van der Waals surface area (Å²) in [6.45, 7) is 0.208. The number of hydrogen-bond acceptors (Lipinski definition) is 8. The molecule has 2 heterocycles. The second kappa shape index (κ2) is 7.47. The number of aromatic nitrogens is 4. The maximum Gasteiger partial charge on any atom is 0.337 e. The first-order valence-corrected chi connectivity index (χ1v) is 7.42. The lowest BCUT2D eigenvalue weighted by Gasteiger charge is -2.07. The molecule has 0 amide bonds. The topological polar surface area (TPSA) is 134 Å². The molecule has 1 N–H and O–H groups in total. The summed E-state index contributed by atoms with van der Waals surface area (Å²) in [4.78, 5) is 23.7. The highest BCUT2D eigenvalue weighted by atomic mass is 16.5. The van der Waals surface area contributed by atoms with Gasteiger partial charge in [0, 0.05) is 12.1 Å². The van der Waals surface area contributed by atoms with E-state index in [1.807, 2.05) is 0 Å². The van der Waals surface area contributed by atoms with Crippen LogP contribution in [0.1, 0.15) is 26.5 Å². The van der Waals surface area contributed by atoms with Crippen LogP contribution in [0.2, 0.25) is 0 Å². The van der Waals surface area contributed by atoms with Crippen LogP contribution in [0.25, 0.3) is 16.6 Å². The molecule has 0 aliphatic rings. The molecule has 0 radical (unpaired) electrons. The lowest BCUT2D eigenvalue weighted by molar-refractivity contribution is 0.0599. The Morgan fingerprint density at radius 2 is 1.81 bits per heavy atom. The molecule has 26 heavy (non-hydrogen) atoms. The van der Waals surface area contributed by atoms with Gasteiger partial charge in [-0.3, -0.25) is 15.4 Å². The van der Waals surface area contributed by atoms with Gasteiger partial charge in [0.1, 0.15) is 11.5 Å². The summed E-state index contributed by atoms with van der Waals surface area (Å²) >= 11 is 0. The number of nitrogens with zero attached hydrogens (tertiary/aromatic N) is 4. The van der Waals surface area contributed by atoms with Crippen LogP contribution in [0.15, 0.2) is 34.7 Å². The van der Waals surface area contributed by atoms with E-state index in [2.05, 4.69) is 25.9 Å². The van der Waals surface area contributed by atoms with Gasteiger partial charge < -0.3 is 19.2 Å². The number of hydrogen-bond donors (Lipinski definition) is 1. The zero-order valence-electron chi connectivity index (χ0n) is 13.9. The molecule has 0 spiro atoms. The number of ether oxygens (including phenoxy) is 2. The van der Waals surface area contributed by atoms with E-state index in [9.17, 15) is 9.59 Å². The average molecular weight is 356 g/mol. The van der Waals surface area contributed by atoms with Gasteiger partial charge in [-0.05, 0) is 30.3 Å². The number of carbonyl (C=O) groups excluding carboxylic acids is 2. The largest absolute Gasteiger partial charge is 0.465 e. The molecule has 134 valence electrons. The maximum absolute atomic E-state index is 11.9. The highest BCUT2D eigenvalue weighted by Crippen LogP contribution is 2.27. The zero-order valence-corrected chi connectivity index (χ0v) is 13.9. The molecule has 2 aromatic heterocycles. The van der Waals surface area contributed by atoms with Gasteiger partial charge in [-0.15, -0.1) is 5.21 Å². The molecule has 0 saturated heterocycles. The van der Waals surface area contributed by atoms with Crippen molar-refractivity contribution in [1.29, 1.82) is 0 Å². The molecule has 3 rings (SSSR count). The van der Waals surface area contributed by atoms with Crippen molar-refractivity contribution in [2.75, 3.05) is 14.2 Å². The van der Waals surface area contributed by atoms with Crippen LogP contribution < -0.4 is 0 Å². The van der Waals surface area contributed by atoms with Gasteiger partial charge in [-0.25, -0.2) is 9.59 Å². The third kappa shape index (κ3) is 3.69. The summed E-state index contributed by atoms with van der Waals surface area (Å²) in [5, 5.41) is 17.2. The fourth-order valence-corrected chi connectivity index (χ4v) is 2.23. The third-order valence-electron chi connectivity index (χ3n) is 3.43. The number of H-pyrrole nitrogens is 1. The predicted molar refractivity (Wildman–Crippen MR) is 87.7 cm³/mol. The van der Waals surface area contributed by atoms with Crippen molar-refractivity contribution in [3.8, 4) is 11.3 Å². The Morgan fingerprint density at radius 1 is 1.12 bits per heavy atom. The van der Waals surface area contributed by atoms with E-state index in [1.165, 1.54) is 20.3 Å². The fraction of sp³-hybridized carbons (Fsp3) is 0.188. The Kier molecular flexibility index (Phi) is 4.92. The first kappa shape index (κ1) is 17.1. The molecule has 0 atom stereocenters. The van der Waals surface area contributed by atoms with Crippen molar-refractivity contribution in [3.63, 3.8) is 0 Å². The Labute approximate surface area is 147 Å². The number of tetrazole rings is 1. The molecule has 0 aliphatic heterocycles. The Balaban J connectivity index is 1.87. The van der Waals surface area contributed by atoms with Crippen LogP contribution in [-0.2, 0) is 16.0 Å². The SMILES string of the molecule is COC(=O)c1cc(C(=O)OC)cc(-c2ccc(C[N-]c3nn[nH]n3)o2)c1. The number of rotatable bonds is 6. The molecular formula is C16H14N5O5-. The highest BCUT2D eigenvalue weighted by molar-refractivity contribution is 5.97. The normalized spacial score (nSPS) is 10.4. The summed E-state index contributed by atoms with van der Waals surface area (Å²) < 4.78 is 15.2. The summed E-state index contributed by atoms with van der Waals surface area (Å²) in [5.41, 5.74) is 0.943. The van der Waals surface area contributed by atoms with E-state index in [0.717, 1.165) is 0 Å². The Bertz CT molecular complexity index is 885. The van der Waals surface area contributed by atoms with E-state index in [0.29, 0.717) is 17.1 Å².